The van der Waals surface area contributed by atoms with E-state index < -0.39 is 11.9 Å². The van der Waals surface area contributed by atoms with Crippen LogP contribution in [-0.2, 0) is 9.53 Å². The quantitative estimate of drug-likeness (QED) is 0.319. The summed E-state index contributed by atoms with van der Waals surface area (Å²) in [5, 5.41) is 14.4. The van der Waals surface area contributed by atoms with Gasteiger partial charge in [0, 0.05) is 16.8 Å². The minimum atomic E-state index is -0.565. The molecule has 0 bridgehead atoms. The van der Waals surface area contributed by atoms with E-state index in [1.165, 1.54) is 6.07 Å². The number of nitrogens with one attached hydrogen (secondary N) is 3. The normalized spacial score (nSPS) is 10.3. The number of hydrogen-bond donors (Lipinski definition) is 4. The van der Waals surface area contributed by atoms with Crippen LogP contribution in [-0.4, -0.2) is 29.5 Å². The molecule has 0 aliphatic rings. The first kappa shape index (κ1) is 22.4. The summed E-state index contributed by atoms with van der Waals surface area (Å²) in [6, 6.07) is 16.7. The zero-order chi connectivity index (χ0) is 23.1. The number of hydrazine groups is 1. The van der Waals surface area contributed by atoms with Crippen LogP contribution in [0.5, 0.6) is 5.75 Å². The summed E-state index contributed by atoms with van der Waals surface area (Å²) in [6.45, 7) is 5.73. The van der Waals surface area contributed by atoms with Gasteiger partial charge < -0.3 is 20.6 Å². The summed E-state index contributed by atoms with van der Waals surface area (Å²) < 4.78 is 4.91. The van der Waals surface area contributed by atoms with Gasteiger partial charge in [-0.3, -0.25) is 15.0 Å². The van der Waals surface area contributed by atoms with Gasteiger partial charge in [0.2, 0.25) is 5.91 Å². The van der Waals surface area contributed by atoms with Crippen LogP contribution in [0.1, 0.15) is 34.1 Å². The third-order valence-corrected chi connectivity index (χ3v) is 4.55. The number of fused-ring (bicyclic) bond motifs is 1. The molecule has 0 aromatic heterocycles. The number of benzene rings is 3. The van der Waals surface area contributed by atoms with Crippen LogP contribution >= 0.6 is 0 Å². The van der Waals surface area contributed by atoms with E-state index in [9.17, 15) is 19.5 Å². The molecule has 3 aromatic carbocycles. The Kier molecular flexibility index (Phi) is 7.07. The first-order valence-electron chi connectivity index (χ1n) is 9.91. The van der Waals surface area contributed by atoms with Crippen LogP contribution in [0.25, 0.3) is 10.8 Å². The molecule has 0 radical (unpaired) electrons. The first-order chi connectivity index (χ1) is 15.4. The predicted octanol–water partition coefficient (Wildman–Crippen LogP) is 3.50. The van der Waals surface area contributed by atoms with E-state index in [0.717, 1.165) is 5.39 Å². The van der Waals surface area contributed by atoms with Crippen LogP contribution in [0, 0.1) is 0 Å². The van der Waals surface area contributed by atoms with E-state index in [1.54, 1.807) is 49.4 Å². The Morgan fingerprint density at radius 2 is 1.69 bits per heavy atom. The number of anilines is 1. The van der Waals surface area contributed by atoms with E-state index in [2.05, 4.69) is 22.7 Å². The number of carbonyl (C=O) groups is 3. The number of carbonyl (C=O) groups excluding carboxylic acids is 3. The monoisotopic (exact) mass is 433 g/mol. The van der Waals surface area contributed by atoms with Crippen molar-refractivity contribution < 1.29 is 24.2 Å². The molecular formula is C24H23N3O5. The summed E-state index contributed by atoms with van der Waals surface area (Å²) in [4.78, 5) is 36.3. The van der Waals surface area contributed by atoms with Crippen LogP contribution in [0.3, 0.4) is 0 Å². The smallest absolute Gasteiger partial charge is 0.338 e. The average Bonchev–Trinajstić information content (AvgIpc) is 2.78. The van der Waals surface area contributed by atoms with Crippen LogP contribution in [0.15, 0.2) is 72.9 Å². The molecular weight excluding hydrogens is 410 g/mol. The highest BCUT2D eigenvalue weighted by molar-refractivity contribution is 6.03. The second-order valence-corrected chi connectivity index (χ2v) is 6.89. The molecule has 8 nitrogen and oxygen atoms in total. The van der Waals surface area contributed by atoms with Gasteiger partial charge in [-0.2, -0.15) is 0 Å². The van der Waals surface area contributed by atoms with Gasteiger partial charge >= 0.3 is 5.97 Å². The molecule has 0 aliphatic heterocycles. The van der Waals surface area contributed by atoms with Gasteiger partial charge in [-0.05, 0) is 42.6 Å². The van der Waals surface area contributed by atoms with Crippen molar-refractivity contribution >= 4 is 34.2 Å². The molecule has 3 aromatic rings. The number of phenols is 1. The summed E-state index contributed by atoms with van der Waals surface area (Å²) in [5.74, 6) is -1.49. The zero-order valence-electron chi connectivity index (χ0n) is 17.5. The lowest BCUT2D eigenvalue weighted by molar-refractivity contribution is -0.115. The Hall–Kier alpha value is -4.33. The zero-order valence-corrected chi connectivity index (χ0v) is 17.5. The lowest BCUT2D eigenvalue weighted by Crippen LogP contribution is -2.37. The number of rotatable bonds is 8. The third-order valence-electron chi connectivity index (χ3n) is 4.55. The molecule has 0 saturated carbocycles. The molecule has 8 heteroatoms. The Morgan fingerprint density at radius 3 is 2.41 bits per heavy atom. The molecule has 0 fully saturated rings. The standard InChI is InChI=1S/C24H23N3O5/c1-3-32-24(31)17-8-11-18(12-9-17)25-21(28)14-15(2)26-27-23(30)20-13-10-16-6-4-5-7-19(16)22(20)29/h4-13,26,29H,2-3,14H2,1H3,(H,25,28)(H,27,30). The minimum absolute atomic E-state index is 0.0927. The number of aromatic hydroxyl groups is 1. The number of phenolic OH excluding ortho intramolecular Hbond substituents is 1. The van der Waals surface area contributed by atoms with Crippen molar-refractivity contribution in [2.45, 2.75) is 13.3 Å². The Bertz CT molecular complexity index is 1170. The van der Waals surface area contributed by atoms with Crippen LogP contribution < -0.4 is 16.2 Å². The summed E-state index contributed by atoms with van der Waals surface area (Å²) >= 11 is 0. The van der Waals surface area contributed by atoms with Gasteiger partial charge in [-0.15, -0.1) is 0 Å². The second-order valence-electron chi connectivity index (χ2n) is 6.89. The molecule has 0 aliphatic carbocycles. The Morgan fingerprint density at radius 1 is 0.969 bits per heavy atom. The van der Waals surface area contributed by atoms with Gasteiger partial charge in [0.15, 0.2) is 0 Å². The highest BCUT2D eigenvalue weighted by Gasteiger charge is 2.14. The van der Waals surface area contributed by atoms with Crippen molar-refractivity contribution in [1.82, 2.24) is 10.9 Å². The molecule has 0 heterocycles. The Labute approximate surface area is 184 Å². The molecule has 0 saturated heterocycles. The van der Waals surface area contributed by atoms with Crippen LogP contribution in [0.4, 0.5) is 5.69 Å². The van der Waals surface area contributed by atoms with Crippen molar-refractivity contribution in [2.24, 2.45) is 0 Å². The average molecular weight is 433 g/mol. The number of amides is 2. The molecule has 32 heavy (non-hydrogen) atoms. The third kappa shape index (κ3) is 5.42. The van der Waals surface area contributed by atoms with Crippen molar-refractivity contribution in [1.29, 1.82) is 0 Å². The summed E-state index contributed by atoms with van der Waals surface area (Å²) in [5.41, 5.74) is 6.24. The number of hydrogen-bond acceptors (Lipinski definition) is 6. The molecule has 2 amide bonds. The summed E-state index contributed by atoms with van der Waals surface area (Å²) in [7, 11) is 0. The van der Waals surface area contributed by atoms with Crippen molar-refractivity contribution in [3.8, 4) is 5.75 Å². The lowest BCUT2D eigenvalue weighted by atomic mass is 10.1. The number of ether oxygens (including phenoxy) is 1. The molecule has 164 valence electrons. The van der Waals surface area contributed by atoms with E-state index in [-0.39, 0.29) is 35.9 Å². The fraction of sp³-hybridized carbons (Fsp3) is 0.125. The maximum Gasteiger partial charge on any atom is 0.338 e. The van der Waals surface area contributed by atoms with Crippen molar-refractivity contribution in [3.63, 3.8) is 0 Å². The van der Waals surface area contributed by atoms with Gasteiger partial charge in [-0.1, -0.05) is 36.9 Å². The maximum atomic E-state index is 12.4. The van der Waals surface area contributed by atoms with E-state index >= 15 is 0 Å². The molecule has 4 N–H and O–H groups in total. The molecule has 0 atom stereocenters. The Balaban J connectivity index is 1.51. The number of esters is 1. The largest absolute Gasteiger partial charge is 0.506 e. The molecule has 0 spiro atoms. The summed E-state index contributed by atoms with van der Waals surface area (Å²) in [6.07, 6.45) is -0.108. The molecule has 0 unspecified atom stereocenters. The molecule has 3 rings (SSSR count). The SMILES string of the molecule is C=C(CC(=O)Nc1ccc(C(=O)OCC)cc1)NNC(=O)c1ccc2ccccc2c1O. The van der Waals surface area contributed by atoms with Crippen molar-refractivity contribution in [3.05, 3.63) is 84.1 Å². The minimum Gasteiger partial charge on any atom is -0.506 e. The highest BCUT2D eigenvalue weighted by Crippen LogP contribution is 2.28. The fourth-order valence-electron chi connectivity index (χ4n) is 3.00. The van der Waals surface area contributed by atoms with Gasteiger partial charge in [0.1, 0.15) is 5.75 Å². The maximum absolute atomic E-state index is 12.4. The van der Waals surface area contributed by atoms with E-state index in [4.69, 9.17) is 4.74 Å². The van der Waals surface area contributed by atoms with Crippen molar-refractivity contribution in [2.75, 3.05) is 11.9 Å². The lowest BCUT2D eigenvalue weighted by Gasteiger charge is -2.13. The topological polar surface area (TPSA) is 117 Å². The van der Waals surface area contributed by atoms with Crippen LogP contribution in [0.2, 0.25) is 0 Å². The first-order valence-corrected chi connectivity index (χ1v) is 9.91. The van der Waals surface area contributed by atoms with Gasteiger partial charge in [0.25, 0.3) is 5.91 Å². The van der Waals surface area contributed by atoms with E-state index in [1.807, 2.05) is 12.1 Å². The van der Waals surface area contributed by atoms with Gasteiger partial charge in [-0.25, -0.2) is 4.79 Å². The fourth-order valence-corrected chi connectivity index (χ4v) is 3.00. The predicted molar refractivity (Wildman–Crippen MR) is 121 cm³/mol. The van der Waals surface area contributed by atoms with Gasteiger partial charge in [0.05, 0.1) is 24.2 Å². The highest BCUT2D eigenvalue weighted by atomic mass is 16.5. The van der Waals surface area contributed by atoms with E-state index in [0.29, 0.717) is 16.6 Å². The second kappa shape index (κ2) is 10.1.